The fraction of sp³-hybridized carbons (Fsp3) is 0.538. The summed E-state index contributed by atoms with van der Waals surface area (Å²) in [5, 5.41) is 0.199. The molecule has 1 aliphatic carbocycles. The summed E-state index contributed by atoms with van der Waals surface area (Å²) in [6.07, 6.45) is 3.19. The maximum atomic E-state index is 14.1. The Balaban J connectivity index is 2.52. The zero-order valence-electron chi connectivity index (χ0n) is 9.47. The van der Waals surface area contributed by atoms with E-state index < -0.39 is 0 Å². The molecule has 0 heterocycles. The lowest BCUT2D eigenvalue weighted by atomic mass is 9.73. The summed E-state index contributed by atoms with van der Waals surface area (Å²) in [4.78, 5) is 0. The van der Waals surface area contributed by atoms with E-state index in [-0.39, 0.29) is 16.3 Å². The van der Waals surface area contributed by atoms with Crippen molar-refractivity contribution in [3.63, 3.8) is 0 Å². The summed E-state index contributed by atoms with van der Waals surface area (Å²) in [5.74, 6) is 0.133. The maximum absolute atomic E-state index is 14.1. The van der Waals surface area contributed by atoms with Crippen LogP contribution < -0.4 is 5.73 Å². The molecule has 0 spiro atoms. The number of hydrogen-bond acceptors (Lipinski definition) is 1. The molecule has 0 amide bonds. The predicted octanol–water partition coefficient (Wildman–Crippen LogP) is 3.50. The molecule has 1 aromatic rings. The third-order valence-corrected chi connectivity index (χ3v) is 4.35. The van der Waals surface area contributed by atoms with Gasteiger partial charge in [0, 0.05) is 12.0 Å². The average Bonchev–Trinajstić information content (AvgIpc) is 2.65. The highest BCUT2D eigenvalue weighted by Crippen LogP contribution is 2.46. The summed E-state index contributed by atoms with van der Waals surface area (Å²) >= 11 is 5.84. The summed E-state index contributed by atoms with van der Waals surface area (Å²) in [7, 11) is 0. The van der Waals surface area contributed by atoms with Gasteiger partial charge in [0.15, 0.2) is 0 Å². The zero-order valence-corrected chi connectivity index (χ0v) is 10.2. The van der Waals surface area contributed by atoms with E-state index in [0.717, 1.165) is 19.3 Å². The molecule has 1 aromatic carbocycles. The van der Waals surface area contributed by atoms with Crippen molar-refractivity contribution in [2.45, 2.75) is 31.6 Å². The Morgan fingerprint density at radius 1 is 1.56 bits per heavy atom. The Hall–Kier alpha value is -0.600. The van der Waals surface area contributed by atoms with Gasteiger partial charge in [-0.3, -0.25) is 0 Å². The lowest BCUT2D eigenvalue weighted by molar-refractivity contribution is 0.333. The first-order valence-corrected chi connectivity index (χ1v) is 6.14. The first kappa shape index (κ1) is 11.9. The number of rotatable bonds is 2. The van der Waals surface area contributed by atoms with Gasteiger partial charge in [0.25, 0.3) is 0 Å². The van der Waals surface area contributed by atoms with Crippen molar-refractivity contribution in [2.24, 2.45) is 11.7 Å². The molecule has 0 bridgehead atoms. The van der Waals surface area contributed by atoms with Crippen LogP contribution in [-0.4, -0.2) is 6.54 Å². The van der Waals surface area contributed by atoms with Crippen LogP contribution in [0.2, 0.25) is 5.02 Å². The van der Waals surface area contributed by atoms with E-state index in [4.69, 9.17) is 17.3 Å². The van der Waals surface area contributed by atoms with Gasteiger partial charge >= 0.3 is 0 Å². The van der Waals surface area contributed by atoms with E-state index in [2.05, 4.69) is 6.92 Å². The third kappa shape index (κ3) is 1.64. The Kier molecular flexibility index (Phi) is 3.22. The first-order valence-electron chi connectivity index (χ1n) is 5.76. The van der Waals surface area contributed by atoms with Crippen LogP contribution in [0.3, 0.4) is 0 Å². The molecule has 2 atom stereocenters. The second-order valence-corrected chi connectivity index (χ2v) is 5.16. The van der Waals surface area contributed by atoms with Crippen molar-refractivity contribution in [3.05, 3.63) is 34.6 Å². The molecule has 2 N–H and O–H groups in total. The molecule has 88 valence electrons. The van der Waals surface area contributed by atoms with Crippen molar-refractivity contribution >= 4 is 11.6 Å². The van der Waals surface area contributed by atoms with E-state index in [0.29, 0.717) is 18.0 Å². The quantitative estimate of drug-likeness (QED) is 0.843. The molecular weight excluding hydrogens is 225 g/mol. The lowest BCUT2D eigenvalue weighted by Crippen LogP contribution is -2.38. The Labute approximate surface area is 101 Å². The molecular formula is C13H17ClFN. The molecule has 16 heavy (non-hydrogen) atoms. The van der Waals surface area contributed by atoms with E-state index in [1.807, 2.05) is 12.1 Å². The van der Waals surface area contributed by atoms with Gasteiger partial charge in [0.1, 0.15) is 5.82 Å². The Morgan fingerprint density at radius 3 is 2.88 bits per heavy atom. The molecule has 3 heteroatoms. The van der Waals surface area contributed by atoms with Crippen LogP contribution in [0.4, 0.5) is 4.39 Å². The van der Waals surface area contributed by atoms with Crippen LogP contribution in [-0.2, 0) is 5.41 Å². The minimum absolute atomic E-state index is 0.199. The molecule has 1 saturated carbocycles. The first-order chi connectivity index (χ1) is 7.62. The van der Waals surface area contributed by atoms with Gasteiger partial charge in [-0.2, -0.15) is 0 Å². The molecule has 1 nitrogen and oxygen atoms in total. The van der Waals surface area contributed by atoms with Gasteiger partial charge in [-0.15, -0.1) is 0 Å². The second-order valence-electron chi connectivity index (χ2n) is 4.75. The highest BCUT2D eigenvalue weighted by molar-refractivity contribution is 6.30. The smallest absolute Gasteiger partial charge is 0.145 e. The molecule has 1 aliphatic rings. The average molecular weight is 242 g/mol. The minimum atomic E-state index is -0.289. The summed E-state index contributed by atoms with van der Waals surface area (Å²) in [6.45, 7) is 2.64. The van der Waals surface area contributed by atoms with Gasteiger partial charge in [-0.05, 0) is 30.4 Å². The number of hydrogen-bond donors (Lipinski definition) is 1. The van der Waals surface area contributed by atoms with Crippen LogP contribution >= 0.6 is 11.6 Å². The molecule has 0 radical (unpaired) electrons. The molecule has 1 fully saturated rings. The lowest BCUT2D eigenvalue weighted by Gasteiger charge is -2.33. The van der Waals surface area contributed by atoms with Gasteiger partial charge in [0.2, 0.25) is 0 Å². The molecule has 0 aliphatic heterocycles. The number of benzene rings is 1. The van der Waals surface area contributed by atoms with Crippen LogP contribution in [0.5, 0.6) is 0 Å². The molecule has 0 saturated heterocycles. The fourth-order valence-electron chi connectivity index (χ4n) is 2.95. The Bertz CT molecular complexity index is 394. The van der Waals surface area contributed by atoms with Crippen molar-refractivity contribution in [2.75, 3.05) is 6.54 Å². The topological polar surface area (TPSA) is 26.0 Å². The minimum Gasteiger partial charge on any atom is -0.330 e. The monoisotopic (exact) mass is 241 g/mol. The van der Waals surface area contributed by atoms with Gasteiger partial charge in [0.05, 0.1) is 5.02 Å². The standard InChI is InChI=1S/C13H17ClFN/c1-9-4-3-7-13(9,8-16)10-5-2-6-11(14)12(10)15/h2,5-6,9H,3-4,7-8,16H2,1H3. The maximum Gasteiger partial charge on any atom is 0.145 e. The van der Waals surface area contributed by atoms with Gasteiger partial charge in [-0.1, -0.05) is 37.1 Å². The van der Waals surface area contributed by atoms with Crippen LogP contribution in [0, 0.1) is 11.7 Å². The molecule has 2 rings (SSSR count). The highest BCUT2D eigenvalue weighted by atomic mass is 35.5. The number of nitrogens with two attached hydrogens (primary N) is 1. The molecule has 2 unspecified atom stereocenters. The van der Waals surface area contributed by atoms with Crippen LogP contribution in [0.15, 0.2) is 18.2 Å². The van der Waals surface area contributed by atoms with E-state index in [1.54, 1.807) is 6.07 Å². The Morgan fingerprint density at radius 2 is 2.31 bits per heavy atom. The van der Waals surface area contributed by atoms with E-state index in [9.17, 15) is 4.39 Å². The van der Waals surface area contributed by atoms with Crippen LogP contribution in [0.25, 0.3) is 0 Å². The third-order valence-electron chi connectivity index (χ3n) is 4.06. The largest absolute Gasteiger partial charge is 0.330 e. The predicted molar refractivity (Wildman–Crippen MR) is 65.2 cm³/mol. The summed E-state index contributed by atoms with van der Waals surface area (Å²) < 4.78 is 14.1. The van der Waals surface area contributed by atoms with Crippen LogP contribution in [0.1, 0.15) is 31.7 Å². The summed E-state index contributed by atoms with van der Waals surface area (Å²) in [5.41, 5.74) is 6.39. The number of halogens is 2. The summed E-state index contributed by atoms with van der Waals surface area (Å²) in [6, 6.07) is 5.23. The highest BCUT2D eigenvalue weighted by Gasteiger charge is 2.42. The van der Waals surface area contributed by atoms with Crippen molar-refractivity contribution in [1.29, 1.82) is 0 Å². The molecule has 0 aromatic heterocycles. The van der Waals surface area contributed by atoms with Crippen molar-refractivity contribution in [1.82, 2.24) is 0 Å². The van der Waals surface area contributed by atoms with E-state index >= 15 is 0 Å². The van der Waals surface area contributed by atoms with Crippen molar-refractivity contribution in [3.8, 4) is 0 Å². The fourth-order valence-corrected chi connectivity index (χ4v) is 3.12. The SMILES string of the molecule is CC1CCCC1(CN)c1cccc(Cl)c1F. The van der Waals surface area contributed by atoms with Crippen molar-refractivity contribution < 1.29 is 4.39 Å². The van der Waals surface area contributed by atoms with Gasteiger partial charge in [-0.25, -0.2) is 4.39 Å². The normalized spacial score (nSPS) is 29.6. The van der Waals surface area contributed by atoms with E-state index in [1.165, 1.54) is 0 Å². The zero-order chi connectivity index (χ0) is 11.8. The second kappa shape index (κ2) is 4.34. The van der Waals surface area contributed by atoms with Gasteiger partial charge < -0.3 is 5.73 Å².